The van der Waals surface area contributed by atoms with E-state index in [-0.39, 0.29) is 5.91 Å². The Morgan fingerprint density at radius 2 is 1.77 bits per heavy atom. The fourth-order valence-electron chi connectivity index (χ4n) is 2.91. The average molecular weight is 422 g/mol. The Labute approximate surface area is 176 Å². The standard InChI is InChI=1S/C21H18N4O4S/c1-12-10-18(23-19(26)13-4-6-14(7-5-13)20(27)29-3)25(24-12)21-22-16-9-8-15(28-2)11-17(16)30-21/h4-11H,1-3H3,(H,23,26). The second-order valence-corrected chi connectivity index (χ2v) is 7.45. The number of nitrogens with one attached hydrogen (secondary N) is 1. The van der Waals surface area contributed by atoms with Crippen molar-refractivity contribution in [1.82, 2.24) is 14.8 Å². The molecule has 8 nitrogen and oxygen atoms in total. The van der Waals surface area contributed by atoms with Gasteiger partial charge >= 0.3 is 5.97 Å². The molecule has 30 heavy (non-hydrogen) atoms. The van der Waals surface area contributed by atoms with Crippen molar-refractivity contribution in [3.63, 3.8) is 0 Å². The van der Waals surface area contributed by atoms with Crippen LogP contribution in [0.3, 0.4) is 0 Å². The molecule has 4 aromatic rings. The lowest BCUT2D eigenvalue weighted by molar-refractivity contribution is 0.0600. The Balaban J connectivity index is 1.62. The fraction of sp³-hybridized carbons (Fsp3) is 0.143. The molecule has 0 atom stereocenters. The first-order valence-corrected chi connectivity index (χ1v) is 9.81. The van der Waals surface area contributed by atoms with E-state index in [0.717, 1.165) is 21.7 Å². The molecule has 0 saturated heterocycles. The van der Waals surface area contributed by atoms with Crippen molar-refractivity contribution < 1.29 is 19.1 Å². The molecule has 0 radical (unpaired) electrons. The average Bonchev–Trinajstić information content (AvgIpc) is 3.35. The number of hydrogen-bond acceptors (Lipinski definition) is 7. The summed E-state index contributed by atoms with van der Waals surface area (Å²) in [5, 5.41) is 7.96. The summed E-state index contributed by atoms with van der Waals surface area (Å²) in [6.07, 6.45) is 0. The van der Waals surface area contributed by atoms with Gasteiger partial charge in [0.15, 0.2) is 0 Å². The molecule has 9 heteroatoms. The quantitative estimate of drug-likeness (QED) is 0.491. The molecule has 4 rings (SSSR count). The van der Waals surface area contributed by atoms with Crippen molar-refractivity contribution >= 4 is 39.2 Å². The van der Waals surface area contributed by atoms with E-state index >= 15 is 0 Å². The van der Waals surface area contributed by atoms with E-state index in [1.54, 1.807) is 42.1 Å². The minimum absolute atomic E-state index is 0.324. The van der Waals surface area contributed by atoms with E-state index in [4.69, 9.17) is 4.74 Å². The van der Waals surface area contributed by atoms with Crippen LogP contribution in [0.25, 0.3) is 15.3 Å². The Bertz CT molecular complexity index is 1240. The molecule has 0 spiro atoms. The number of benzene rings is 2. The van der Waals surface area contributed by atoms with E-state index in [1.165, 1.54) is 18.4 Å². The molecule has 1 N–H and O–H groups in total. The van der Waals surface area contributed by atoms with Crippen LogP contribution in [0, 0.1) is 6.92 Å². The Hall–Kier alpha value is -3.72. The molecule has 2 aromatic heterocycles. The number of fused-ring (bicyclic) bond motifs is 1. The molecule has 152 valence electrons. The first-order chi connectivity index (χ1) is 14.5. The van der Waals surface area contributed by atoms with Gasteiger partial charge in [0, 0.05) is 11.6 Å². The largest absolute Gasteiger partial charge is 0.497 e. The number of carbonyl (C=O) groups is 2. The number of aromatic nitrogens is 3. The van der Waals surface area contributed by atoms with Gasteiger partial charge in [-0.15, -0.1) is 0 Å². The molecule has 0 aliphatic rings. The van der Waals surface area contributed by atoms with Gasteiger partial charge in [0.25, 0.3) is 5.91 Å². The smallest absolute Gasteiger partial charge is 0.337 e. The van der Waals surface area contributed by atoms with Crippen LogP contribution < -0.4 is 10.1 Å². The summed E-state index contributed by atoms with van der Waals surface area (Å²) in [5.41, 5.74) is 2.34. The minimum Gasteiger partial charge on any atom is -0.497 e. The molecule has 0 aliphatic heterocycles. The van der Waals surface area contributed by atoms with Crippen molar-refractivity contribution in [2.75, 3.05) is 19.5 Å². The third-order valence-corrected chi connectivity index (χ3v) is 5.40. The third-order valence-electron chi connectivity index (χ3n) is 4.41. The number of amides is 1. The lowest BCUT2D eigenvalue weighted by Gasteiger charge is -2.07. The lowest BCUT2D eigenvalue weighted by Crippen LogP contribution is -2.15. The summed E-state index contributed by atoms with van der Waals surface area (Å²) in [7, 11) is 2.93. The first kappa shape index (κ1) is 19.6. The molecule has 0 bridgehead atoms. The number of hydrogen-bond donors (Lipinski definition) is 1. The number of aryl methyl sites for hydroxylation is 1. The van der Waals surface area contributed by atoms with Crippen LogP contribution in [0.1, 0.15) is 26.4 Å². The Morgan fingerprint density at radius 3 is 2.47 bits per heavy atom. The van der Waals surface area contributed by atoms with Crippen LogP contribution in [0.15, 0.2) is 48.5 Å². The molecule has 1 amide bonds. The predicted octanol–water partition coefficient (Wildman–Crippen LogP) is 3.84. The topological polar surface area (TPSA) is 95.3 Å². The zero-order chi connectivity index (χ0) is 21.3. The number of rotatable bonds is 5. The summed E-state index contributed by atoms with van der Waals surface area (Å²) in [6, 6.07) is 13.6. The van der Waals surface area contributed by atoms with Gasteiger partial charge in [0.05, 0.1) is 35.7 Å². The number of ether oxygens (including phenoxy) is 2. The maximum Gasteiger partial charge on any atom is 0.337 e. The van der Waals surface area contributed by atoms with Crippen LogP contribution in [0.5, 0.6) is 5.75 Å². The summed E-state index contributed by atoms with van der Waals surface area (Å²) < 4.78 is 12.5. The van der Waals surface area contributed by atoms with E-state index in [1.807, 2.05) is 25.1 Å². The second kappa shape index (κ2) is 7.96. The van der Waals surface area contributed by atoms with Crippen molar-refractivity contribution in [3.05, 3.63) is 65.4 Å². The van der Waals surface area contributed by atoms with E-state index in [2.05, 4.69) is 20.1 Å². The molecule has 2 aromatic carbocycles. The maximum absolute atomic E-state index is 12.7. The van der Waals surface area contributed by atoms with Crippen LogP contribution in [0.2, 0.25) is 0 Å². The van der Waals surface area contributed by atoms with Crippen molar-refractivity contribution in [2.45, 2.75) is 6.92 Å². The van der Waals surface area contributed by atoms with Gasteiger partial charge in [-0.25, -0.2) is 9.78 Å². The maximum atomic E-state index is 12.7. The van der Waals surface area contributed by atoms with Gasteiger partial charge in [-0.3, -0.25) is 4.79 Å². The van der Waals surface area contributed by atoms with Gasteiger partial charge in [-0.2, -0.15) is 9.78 Å². The fourth-order valence-corrected chi connectivity index (χ4v) is 3.87. The second-order valence-electron chi connectivity index (χ2n) is 6.44. The number of methoxy groups -OCH3 is 2. The van der Waals surface area contributed by atoms with Gasteiger partial charge < -0.3 is 14.8 Å². The molecule has 0 saturated carbocycles. The highest BCUT2D eigenvalue weighted by atomic mass is 32.1. The van der Waals surface area contributed by atoms with Crippen LogP contribution in [0.4, 0.5) is 5.82 Å². The summed E-state index contributed by atoms with van der Waals surface area (Å²) in [5.74, 6) is 0.470. The monoisotopic (exact) mass is 422 g/mol. The third kappa shape index (κ3) is 3.74. The molecular formula is C21H18N4O4S. The number of carbonyl (C=O) groups excluding carboxylic acids is 2. The lowest BCUT2D eigenvalue weighted by atomic mass is 10.1. The summed E-state index contributed by atoms with van der Waals surface area (Å²) >= 11 is 1.44. The number of anilines is 1. The zero-order valence-corrected chi connectivity index (χ0v) is 17.3. The number of thiazole rings is 1. The van der Waals surface area contributed by atoms with E-state index in [0.29, 0.717) is 22.1 Å². The summed E-state index contributed by atoms with van der Waals surface area (Å²) in [4.78, 5) is 28.9. The van der Waals surface area contributed by atoms with Crippen LogP contribution in [-0.2, 0) is 4.74 Å². The van der Waals surface area contributed by atoms with E-state index < -0.39 is 5.97 Å². The molecule has 0 fully saturated rings. The number of esters is 1. The van der Waals surface area contributed by atoms with Gasteiger partial charge in [0.2, 0.25) is 5.13 Å². The molecule has 0 unspecified atom stereocenters. The molecular weight excluding hydrogens is 404 g/mol. The Morgan fingerprint density at radius 1 is 1.03 bits per heavy atom. The normalized spacial score (nSPS) is 10.8. The van der Waals surface area contributed by atoms with Crippen molar-refractivity contribution in [1.29, 1.82) is 0 Å². The van der Waals surface area contributed by atoms with Gasteiger partial charge in [-0.1, -0.05) is 11.3 Å². The van der Waals surface area contributed by atoms with Crippen LogP contribution in [-0.4, -0.2) is 40.9 Å². The molecule has 2 heterocycles. The summed E-state index contributed by atoms with van der Waals surface area (Å²) in [6.45, 7) is 1.84. The Kier molecular flexibility index (Phi) is 5.20. The van der Waals surface area contributed by atoms with Crippen molar-refractivity contribution in [3.8, 4) is 10.9 Å². The highest BCUT2D eigenvalue weighted by Crippen LogP contribution is 2.30. The van der Waals surface area contributed by atoms with E-state index in [9.17, 15) is 9.59 Å². The van der Waals surface area contributed by atoms with Crippen molar-refractivity contribution in [2.24, 2.45) is 0 Å². The minimum atomic E-state index is -0.455. The predicted molar refractivity (Wildman–Crippen MR) is 114 cm³/mol. The van der Waals surface area contributed by atoms with Gasteiger partial charge in [0.1, 0.15) is 11.6 Å². The zero-order valence-electron chi connectivity index (χ0n) is 16.5. The highest BCUT2D eigenvalue weighted by Gasteiger charge is 2.16. The highest BCUT2D eigenvalue weighted by molar-refractivity contribution is 7.20. The van der Waals surface area contributed by atoms with Gasteiger partial charge in [-0.05, 0) is 49.4 Å². The SMILES string of the molecule is COC(=O)c1ccc(C(=O)Nc2cc(C)nn2-c2nc3ccc(OC)cc3s2)cc1. The first-order valence-electron chi connectivity index (χ1n) is 9.00. The molecule has 0 aliphatic carbocycles. The van der Waals surface area contributed by atoms with Crippen LogP contribution >= 0.6 is 11.3 Å². The number of nitrogens with zero attached hydrogens (tertiary/aromatic N) is 3.